The van der Waals surface area contributed by atoms with Crippen LogP contribution >= 0.6 is 0 Å². The van der Waals surface area contributed by atoms with Crippen LogP contribution in [0.2, 0.25) is 0 Å². The lowest BCUT2D eigenvalue weighted by Crippen LogP contribution is -2.64. The molecule has 5 rings (SSSR count). The average Bonchev–Trinajstić information content (AvgIpc) is 3.30. The molecule has 3 fully saturated rings. The molecule has 11 nitrogen and oxygen atoms in total. The van der Waals surface area contributed by atoms with Crippen molar-refractivity contribution in [3.63, 3.8) is 0 Å². The molecule has 2 saturated carbocycles. The summed E-state index contributed by atoms with van der Waals surface area (Å²) < 4.78 is 30.4. The summed E-state index contributed by atoms with van der Waals surface area (Å²) in [7, 11) is 0. The van der Waals surface area contributed by atoms with Crippen molar-refractivity contribution in [3.05, 3.63) is 48.0 Å². The third-order valence-electron chi connectivity index (χ3n) is 10.00. The van der Waals surface area contributed by atoms with Gasteiger partial charge in [-0.15, -0.1) is 0 Å². The van der Waals surface area contributed by atoms with Crippen LogP contribution in [-0.4, -0.2) is 76.5 Å². The van der Waals surface area contributed by atoms with Crippen molar-refractivity contribution in [1.82, 2.24) is 0 Å². The highest BCUT2D eigenvalue weighted by molar-refractivity contribution is 5.97. The molecule has 0 radical (unpaired) electrons. The van der Waals surface area contributed by atoms with E-state index in [0.717, 1.165) is 0 Å². The van der Waals surface area contributed by atoms with E-state index in [4.69, 9.17) is 23.7 Å². The number of hydrogen-bond donors (Lipinski definition) is 1. The smallest absolute Gasteiger partial charge is 0.338 e. The summed E-state index contributed by atoms with van der Waals surface area (Å²) in [6, 6.07) is 8.14. The van der Waals surface area contributed by atoms with Gasteiger partial charge in [-0.2, -0.15) is 0 Å². The van der Waals surface area contributed by atoms with Gasteiger partial charge in [0.2, 0.25) is 0 Å². The molecule has 1 N–H and O–H groups in total. The summed E-state index contributed by atoms with van der Waals surface area (Å²) in [5.41, 5.74) is -6.41. The van der Waals surface area contributed by atoms with Gasteiger partial charge in [0.15, 0.2) is 5.78 Å². The fourth-order valence-corrected chi connectivity index (χ4v) is 8.64. The van der Waals surface area contributed by atoms with Crippen LogP contribution in [0, 0.1) is 29.1 Å². The Hall–Kier alpha value is -3.57. The molecule has 1 aromatic carbocycles. The lowest BCUT2D eigenvalue weighted by atomic mass is 9.54. The van der Waals surface area contributed by atoms with Gasteiger partial charge < -0.3 is 28.8 Å². The largest absolute Gasteiger partial charge is 0.465 e. The number of carbonyl (C=O) groups is 5. The van der Waals surface area contributed by atoms with Gasteiger partial charge in [0.1, 0.15) is 36.1 Å². The van der Waals surface area contributed by atoms with E-state index in [9.17, 15) is 29.1 Å². The monoisotopic (exact) mass is 612 g/mol. The molecular formula is C33H40O11. The molecule has 0 amide bonds. The fraction of sp³-hybridized carbons (Fsp3) is 0.606. The number of Topliss-reactive ketones (excluding diaryl/α,β-unsaturated/α-hetero) is 1. The summed E-state index contributed by atoms with van der Waals surface area (Å²) in [5.74, 6) is -6.81. The van der Waals surface area contributed by atoms with Gasteiger partial charge in [-0.25, -0.2) is 4.79 Å². The topological polar surface area (TPSA) is 152 Å². The molecule has 0 aromatic heterocycles. The van der Waals surface area contributed by atoms with E-state index in [2.05, 4.69) is 0 Å². The summed E-state index contributed by atoms with van der Waals surface area (Å²) in [6.45, 7) is 10.1. The van der Waals surface area contributed by atoms with Crippen LogP contribution in [-0.2, 0) is 42.9 Å². The van der Waals surface area contributed by atoms with Gasteiger partial charge in [-0.3, -0.25) is 19.2 Å². The molecular weight excluding hydrogens is 572 g/mol. The molecule has 10 atom stereocenters. The van der Waals surface area contributed by atoms with Crippen molar-refractivity contribution < 1.29 is 52.8 Å². The van der Waals surface area contributed by atoms with Crippen LogP contribution in [0.5, 0.6) is 0 Å². The molecule has 0 spiro atoms. The Morgan fingerprint density at radius 2 is 1.57 bits per heavy atom. The molecule has 11 heteroatoms. The van der Waals surface area contributed by atoms with Crippen molar-refractivity contribution in [3.8, 4) is 0 Å². The lowest BCUT2D eigenvalue weighted by molar-refractivity contribution is -0.204. The van der Waals surface area contributed by atoms with E-state index >= 15 is 0 Å². The molecule has 1 aliphatic heterocycles. The average molecular weight is 613 g/mol. The number of ether oxygens (including phenoxy) is 5. The molecule has 1 aromatic rings. The zero-order chi connectivity index (χ0) is 32.4. The van der Waals surface area contributed by atoms with E-state index in [1.165, 1.54) is 20.8 Å². The number of esters is 4. The van der Waals surface area contributed by atoms with Crippen LogP contribution in [0.4, 0.5) is 0 Å². The second-order valence-corrected chi connectivity index (χ2v) is 13.4. The number of hydrogen-bond acceptors (Lipinski definition) is 11. The van der Waals surface area contributed by atoms with Crippen molar-refractivity contribution in [2.75, 3.05) is 6.61 Å². The number of ketones is 1. The van der Waals surface area contributed by atoms with Gasteiger partial charge in [0.25, 0.3) is 0 Å². The maximum atomic E-state index is 14.9. The highest BCUT2D eigenvalue weighted by atomic mass is 16.6. The van der Waals surface area contributed by atoms with Crippen LogP contribution < -0.4 is 0 Å². The Labute approximate surface area is 256 Å². The minimum Gasteiger partial charge on any atom is -0.465 e. The van der Waals surface area contributed by atoms with Gasteiger partial charge in [0.05, 0.1) is 22.5 Å². The second kappa shape index (κ2) is 10.8. The van der Waals surface area contributed by atoms with Crippen LogP contribution in [0.25, 0.3) is 0 Å². The molecule has 4 aliphatic rings. The first-order valence-electron chi connectivity index (χ1n) is 14.9. The molecule has 1 heterocycles. The van der Waals surface area contributed by atoms with E-state index in [-0.39, 0.29) is 12.0 Å². The van der Waals surface area contributed by atoms with Crippen LogP contribution in [0.1, 0.15) is 65.2 Å². The predicted molar refractivity (Wildman–Crippen MR) is 153 cm³/mol. The van der Waals surface area contributed by atoms with E-state index < -0.39 is 100 Å². The first-order chi connectivity index (χ1) is 20.5. The van der Waals surface area contributed by atoms with E-state index in [1.54, 1.807) is 56.3 Å². The Bertz CT molecular complexity index is 1400. The fourth-order valence-electron chi connectivity index (χ4n) is 8.64. The maximum Gasteiger partial charge on any atom is 0.338 e. The van der Waals surface area contributed by atoms with Crippen molar-refractivity contribution >= 4 is 29.7 Å². The predicted octanol–water partition coefficient (Wildman–Crippen LogP) is 2.96. The van der Waals surface area contributed by atoms with Gasteiger partial charge in [-0.1, -0.05) is 31.2 Å². The summed E-state index contributed by atoms with van der Waals surface area (Å²) in [5, 5.41) is 12.6. The first-order valence-corrected chi connectivity index (χ1v) is 14.9. The minimum absolute atomic E-state index is 0.125. The Morgan fingerprint density at radius 1 is 0.932 bits per heavy atom. The summed E-state index contributed by atoms with van der Waals surface area (Å²) in [6.07, 6.45) is -0.452. The van der Waals surface area contributed by atoms with Crippen molar-refractivity contribution in [2.24, 2.45) is 29.1 Å². The van der Waals surface area contributed by atoms with Gasteiger partial charge in [-0.05, 0) is 51.3 Å². The number of benzene rings is 1. The highest BCUT2D eigenvalue weighted by Crippen LogP contribution is 2.67. The Balaban J connectivity index is 1.86. The SMILES string of the molecule is CC(=O)OCC12C(OC(C)=O)C=CC3C1C(C)(OC3(C)C)C(=O)C1(O)CC(C)C(OC(C)=O)C1C2OC(=O)c1ccccc1. The Kier molecular flexibility index (Phi) is 7.82. The zero-order valence-electron chi connectivity index (χ0n) is 26.0. The summed E-state index contributed by atoms with van der Waals surface area (Å²) in [4.78, 5) is 66.3. The quantitative estimate of drug-likeness (QED) is 0.287. The standard InChI is InChI=1S/C33H40O11/c1-17-15-33(39)24(25(17)42-20(4)36)27(43-28(37)21-11-9-8-10-12-21)32(16-40-18(2)34)23(41-19(3)35)14-13-22-26(32)31(7,29(33)38)44-30(22,5)6/h8-14,17,22-27,39H,15-16H2,1-7H3. The maximum absolute atomic E-state index is 14.9. The second-order valence-electron chi connectivity index (χ2n) is 13.4. The molecule has 238 valence electrons. The van der Waals surface area contributed by atoms with E-state index in [0.29, 0.717) is 0 Å². The Morgan fingerprint density at radius 3 is 2.16 bits per heavy atom. The van der Waals surface area contributed by atoms with Gasteiger partial charge in [0, 0.05) is 32.6 Å². The van der Waals surface area contributed by atoms with Crippen molar-refractivity contribution in [2.45, 2.75) is 90.0 Å². The summed E-state index contributed by atoms with van der Waals surface area (Å²) >= 11 is 0. The van der Waals surface area contributed by atoms with Gasteiger partial charge >= 0.3 is 23.9 Å². The molecule has 10 unspecified atom stereocenters. The number of carbonyl (C=O) groups excluding carboxylic acids is 5. The molecule has 44 heavy (non-hydrogen) atoms. The number of aliphatic hydroxyl groups is 1. The molecule has 3 aliphatic carbocycles. The molecule has 1 saturated heterocycles. The third kappa shape index (κ3) is 4.75. The third-order valence-corrected chi connectivity index (χ3v) is 10.00. The lowest BCUT2D eigenvalue weighted by Gasteiger charge is -2.53. The number of fused-ring (bicyclic) bond motifs is 1. The van der Waals surface area contributed by atoms with Crippen LogP contribution in [0.3, 0.4) is 0 Å². The van der Waals surface area contributed by atoms with E-state index in [1.807, 2.05) is 13.8 Å². The highest BCUT2D eigenvalue weighted by Gasteiger charge is 2.80. The molecule has 0 bridgehead atoms. The minimum atomic E-state index is -2.21. The normalized spacial score (nSPS) is 39.8. The first kappa shape index (κ1) is 31.8. The number of rotatable bonds is 6. The zero-order valence-corrected chi connectivity index (χ0v) is 26.0. The van der Waals surface area contributed by atoms with Crippen molar-refractivity contribution in [1.29, 1.82) is 0 Å². The van der Waals surface area contributed by atoms with Crippen LogP contribution in [0.15, 0.2) is 42.5 Å².